The average Bonchev–Trinajstić information content (AvgIpc) is 3.09. The Balaban J connectivity index is 2.17. The molecule has 1 heterocycles. The van der Waals surface area contributed by atoms with Crippen LogP contribution in [0, 0.1) is 11.6 Å². The molecule has 0 bridgehead atoms. The van der Waals surface area contributed by atoms with Crippen LogP contribution in [0.2, 0.25) is 5.02 Å². The fraction of sp³-hybridized carbons (Fsp3) is 0.318. The third kappa shape index (κ3) is 5.36. The Morgan fingerprint density at radius 3 is 2.44 bits per heavy atom. The molecular formula is C22H20ClF5N4O4. The van der Waals surface area contributed by atoms with Gasteiger partial charge in [0.15, 0.2) is 11.9 Å². The van der Waals surface area contributed by atoms with Crippen molar-refractivity contribution in [3.05, 3.63) is 68.9 Å². The SMILES string of the molecule is Cn1c(C(C)(C)O)nn(-c2cc(O[C@@H](CF)C(F)F)c(C(=O)Nc3c(F)cccc3Cl)cc2F)c1=O. The molecule has 0 unspecified atom stereocenters. The second kappa shape index (κ2) is 10.3. The summed E-state index contributed by atoms with van der Waals surface area (Å²) in [7, 11) is 1.25. The van der Waals surface area contributed by atoms with Crippen LogP contribution in [0.15, 0.2) is 35.1 Å². The number of nitrogens with one attached hydrogen (secondary N) is 1. The summed E-state index contributed by atoms with van der Waals surface area (Å²) in [6.07, 6.45) is -5.68. The van der Waals surface area contributed by atoms with Crippen LogP contribution < -0.4 is 15.7 Å². The first-order chi connectivity index (χ1) is 16.8. The standard InChI is InChI=1S/C22H20ClF5N4O4/c1-22(2,35)20-30-32(21(34)31(20)3)14-8-15(36-16(9-24)18(27)28)10(7-13(14)26)19(33)29-17-11(23)5-4-6-12(17)25/h4-8,16,18,35H,9H2,1-3H3,(H,29,33)/t16-/m0/s1. The first-order valence-corrected chi connectivity index (χ1v) is 10.6. The van der Waals surface area contributed by atoms with Gasteiger partial charge in [-0.05, 0) is 32.0 Å². The number of hydrogen-bond donors (Lipinski definition) is 2. The van der Waals surface area contributed by atoms with E-state index in [4.69, 9.17) is 16.3 Å². The average molecular weight is 535 g/mol. The van der Waals surface area contributed by atoms with Crippen LogP contribution in [-0.4, -0.2) is 44.6 Å². The number of para-hydroxylation sites is 1. The van der Waals surface area contributed by atoms with Gasteiger partial charge < -0.3 is 15.2 Å². The lowest BCUT2D eigenvalue weighted by Crippen LogP contribution is -2.29. The van der Waals surface area contributed by atoms with Crippen molar-refractivity contribution in [3.8, 4) is 11.4 Å². The number of nitrogens with zero attached hydrogens (tertiary/aromatic N) is 3. The minimum atomic E-state index is -3.33. The molecule has 0 radical (unpaired) electrons. The Morgan fingerprint density at radius 2 is 1.92 bits per heavy atom. The fourth-order valence-corrected chi connectivity index (χ4v) is 3.43. The molecule has 1 amide bonds. The summed E-state index contributed by atoms with van der Waals surface area (Å²) in [4.78, 5) is 25.5. The second-order valence-corrected chi connectivity index (χ2v) is 8.54. The summed E-state index contributed by atoms with van der Waals surface area (Å²) in [5.41, 5.74) is -4.40. The molecule has 0 saturated heterocycles. The first kappa shape index (κ1) is 27.1. The molecule has 0 fully saturated rings. The lowest BCUT2D eigenvalue weighted by Gasteiger charge is -2.19. The predicted molar refractivity (Wildman–Crippen MR) is 120 cm³/mol. The van der Waals surface area contributed by atoms with Crippen molar-refractivity contribution in [1.29, 1.82) is 0 Å². The molecule has 2 aromatic carbocycles. The number of aromatic nitrogens is 3. The number of hydrogen-bond acceptors (Lipinski definition) is 5. The zero-order valence-electron chi connectivity index (χ0n) is 19.0. The third-order valence-corrected chi connectivity index (χ3v) is 5.28. The Hall–Kier alpha value is -3.45. The lowest BCUT2D eigenvalue weighted by molar-refractivity contribution is -0.00159. The van der Waals surface area contributed by atoms with E-state index in [-0.39, 0.29) is 10.8 Å². The maximum Gasteiger partial charge on any atom is 0.350 e. The van der Waals surface area contributed by atoms with Crippen LogP contribution >= 0.6 is 11.6 Å². The number of rotatable bonds is 8. The molecule has 36 heavy (non-hydrogen) atoms. The van der Waals surface area contributed by atoms with E-state index in [0.29, 0.717) is 16.8 Å². The highest BCUT2D eigenvalue weighted by Crippen LogP contribution is 2.31. The van der Waals surface area contributed by atoms with Gasteiger partial charge in [0.05, 0.1) is 16.3 Å². The number of halogens is 6. The Kier molecular flexibility index (Phi) is 7.74. The number of carbonyl (C=O) groups is 1. The van der Waals surface area contributed by atoms with Crippen LogP contribution in [0.4, 0.5) is 27.6 Å². The van der Waals surface area contributed by atoms with Gasteiger partial charge in [0.1, 0.15) is 35.3 Å². The van der Waals surface area contributed by atoms with Crippen LogP contribution in [-0.2, 0) is 12.6 Å². The smallest absolute Gasteiger partial charge is 0.350 e. The summed E-state index contributed by atoms with van der Waals surface area (Å²) in [6.45, 7) is 0.969. The molecule has 1 aromatic heterocycles. The van der Waals surface area contributed by atoms with Gasteiger partial charge in [0.2, 0.25) is 0 Å². The number of carbonyl (C=O) groups excluding carboxylic acids is 1. The summed E-state index contributed by atoms with van der Waals surface area (Å²) in [5, 5.41) is 16.0. The van der Waals surface area contributed by atoms with Gasteiger partial charge in [-0.2, -0.15) is 4.68 Å². The van der Waals surface area contributed by atoms with E-state index in [2.05, 4.69) is 10.4 Å². The molecule has 1 atom stereocenters. The molecule has 0 spiro atoms. The molecule has 2 N–H and O–H groups in total. The van der Waals surface area contributed by atoms with Crippen molar-refractivity contribution in [3.63, 3.8) is 0 Å². The highest BCUT2D eigenvalue weighted by molar-refractivity contribution is 6.34. The number of amides is 1. The van der Waals surface area contributed by atoms with Crippen LogP contribution in [0.3, 0.4) is 0 Å². The molecule has 194 valence electrons. The highest BCUT2D eigenvalue weighted by Gasteiger charge is 2.30. The number of anilines is 1. The maximum atomic E-state index is 15.1. The number of benzene rings is 2. The number of alkyl halides is 3. The van der Waals surface area contributed by atoms with E-state index in [1.54, 1.807) is 0 Å². The van der Waals surface area contributed by atoms with Crippen molar-refractivity contribution in [2.24, 2.45) is 7.05 Å². The number of aliphatic hydroxyl groups is 1. The monoisotopic (exact) mass is 534 g/mol. The van der Waals surface area contributed by atoms with Crippen molar-refractivity contribution in [2.75, 3.05) is 12.0 Å². The number of ether oxygens (including phenoxy) is 1. The van der Waals surface area contributed by atoms with Crippen LogP contribution in [0.1, 0.15) is 30.0 Å². The van der Waals surface area contributed by atoms with E-state index in [1.807, 2.05) is 0 Å². The fourth-order valence-electron chi connectivity index (χ4n) is 3.22. The predicted octanol–water partition coefficient (Wildman–Crippen LogP) is 3.96. The lowest BCUT2D eigenvalue weighted by atomic mass is 10.1. The molecule has 14 heteroatoms. The summed E-state index contributed by atoms with van der Waals surface area (Å²) < 4.78 is 75.3. The van der Waals surface area contributed by atoms with Crippen molar-refractivity contribution < 1.29 is 36.6 Å². The Morgan fingerprint density at radius 1 is 1.25 bits per heavy atom. The van der Waals surface area contributed by atoms with Gasteiger partial charge in [-0.3, -0.25) is 9.36 Å². The largest absolute Gasteiger partial charge is 0.481 e. The summed E-state index contributed by atoms with van der Waals surface area (Å²) in [6, 6.07) is 4.72. The topological polar surface area (TPSA) is 98.4 Å². The third-order valence-electron chi connectivity index (χ3n) is 4.96. The molecule has 3 aromatic rings. The normalized spacial score (nSPS) is 12.6. The molecule has 0 aliphatic carbocycles. The molecule has 0 aliphatic heterocycles. The quantitative estimate of drug-likeness (QED) is 0.426. The minimum absolute atomic E-state index is 0.167. The van der Waals surface area contributed by atoms with Crippen molar-refractivity contribution >= 4 is 23.2 Å². The van der Waals surface area contributed by atoms with E-state index in [9.17, 15) is 32.3 Å². The minimum Gasteiger partial charge on any atom is -0.481 e. The summed E-state index contributed by atoms with van der Waals surface area (Å²) >= 11 is 5.88. The van der Waals surface area contributed by atoms with Crippen LogP contribution in [0.5, 0.6) is 5.75 Å². The van der Waals surface area contributed by atoms with Crippen LogP contribution in [0.25, 0.3) is 5.69 Å². The van der Waals surface area contributed by atoms with Gasteiger partial charge in [0.25, 0.3) is 12.3 Å². The van der Waals surface area contributed by atoms with E-state index in [0.717, 1.165) is 10.6 Å². The van der Waals surface area contributed by atoms with Gasteiger partial charge >= 0.3 is 5.69 Å². The molecular weight excluding hydrogens is 515 g/mol. The van der Waals surface area contributed by atoms with Crippen molar-refractivity contribution in [1.82, 2.24) is 14.3 Å². The van der Waals surface area contributed by atoms with Gasteiger partial charge in [-0.25, -0.2) is 26.7 Å². The second-order valence-electron chi connectivity index (χ2n) is 8.13. The zero-order chi connectivity index (χ0) is 26.9. The summed E-state index contributed by atoms with van der Waals surface area (Å²) in [5.74, 6) is -4.31. The van der Waals surface area contributed by atoms with Gasteiger partial charge in [0, 0.05) is 13.1 Å². The van der Waals surface area contributed by atoms with Crippen molar-refractivity contribution in [2.45, 2.75) is 32.0 Å². The van der Waals surface area contributed by atoms with E-state index < -0.39 is 70.7 Å². The zero-order valence-corrected chi connectivity index (χ0v) is 19.8. The maximum absolute atomic E-state index is 15.1. The molecule has 3 rings (SSSR count). The molecule has 0 saturated carbocycles. The molecule has 8 nitrogen and oxygen atoms in total. The first-order valence-electron chi connectivity index (χ1n) is 10.2. The van der Waals surface area contributed by atoms with E-state index in [1.165, 1.54) is 33.0 Å². The Labute approximate surface area is 205 Å². The van der Waals surface area contributed by atoms with E-state index >= 15 is 4.39 Å². The molecule has 0 aliphatic rings. The Bertz CT molecular complexity index is 1330. The highest BCUT2D eigenvalue weighted by atomic mass is 35.5. The van der Waals surface area contributed by atoms with Gasteiger partial charge in [-0.1, -0.05) is 17.7 Å². The van der Waals surface area contributed by atoms with Gasteiger partial charge in [-0.15, -0.1) is 5.10 Å².